The van der Waals surface area contributed by atoms with Gasteiger partial charge in [-0.1, -0.05) is 78.6 Å². The van der Waals surface area contributed by atoms with E-state index in [-0.39, 0.29) is 19.2 Å². The van der Waals surface area contributed by atoms with E-state index in [1.165, 1.54) is 57.8 Å². The zero-order chi connectivity index (χ0) is 29.9. The van der Waals surface area contributed by atoms with Crippen molar-refractivity contribution in [2.24, 2.45) is 5.41 Å². The largest absolute Gasteiger partial charge is 0.465 e. The zero-order valence-corrected chi connectivity index (χ0v) is 27.2. The summed E-state index contributed by atoms with van der Waals surface area (Å²) in [5.41, 5.74) is -0.487. The van der Waals surface area contributed by atoms with Gasteiger partial charge in [-0.15, -0.1) is 0 Å². The Labute approximate surface area is 252 Å². The number of esters is 1. The van der Waals surface area contributed by atoms with Crippen molar-refractivity contribution in [3.8, 4) is 0 Å². The van der Waals surface area contributed by atoms with Gasteiger partial charge in [0, 0.05) is 59.0 Å². The summed E-state index contributed by atoms with van der Waals surface area (Å²) >= 11 is 0. The highest BCUT2D eigenvalue weighted by Gasteiger charge is 2.34. The van der Waals surface area contributed by atoms with Gasteiger partial charge in [0.25, 0.3) is 0 Å². The van der Waals surface area contributed by atoms with Crippen LogP contribution in [0.3, 0.4) is 0 Å². The number of rotatable bonds is 29. The van der Waals surface area contributed by atoms with Crippen molar-refractivity contribution in [3.05, 3.63) is 0 Å². The third-order valence-corrected chi connectivity index (χ3v) is 7.93. The average Bonchev–Trinajstić information content (AvgIpc) is 2.98. The molecule has 1 aliphatic rings. The highest BCUT2D eigenvalue weighted by atomic mass is 16.5. The number of nitrogens with zero attached hydrogens (tertiary/aromatic N) is 2. The van der Waals surface area contributed by atoms with Gasteiger partial charge >= 0.3 is 5.97 Å². The molecule has 0 aliphatic carbocycles. The predicted molar refractivity (Wildman–Crippen MR) is 167 cm³/mol. The van der Waals surface area contributed by atoms with E-state index < -0.39 is 5.41 Å². The first-order chi connectivity index (χ1) is 20.1. The monoisotopic (exact) mass is 586 g/mol. The lowest BCUT2D eigenvalue weighted by atomic mass is 9.92. The maximum absolute atomic E-state index is 12.8. The van der Waals surface area contributed by atoms with Gasteiger partial charge in [-0.2, -0.15) is 0 Å². The fourth-order valence-electron chi connectivity index (χ4n) is 5.14. The van der Waals surface area contributed by atoms with E-state index in [0.29, 0.717) is 46.1 Å². The van der Waals surface area contributed by atoms with Crippen molar-refractivity contribution in [2.75, 3.05) is 92.1 Å². The van der Waals surface area contributed by atoms with Gasteiger partial charge in [-0.25, -0.2) is 0 Å². The molecular formula is C33H66N2O6. The quantitative estimate of drug-likeness (QED) is 0.0884. The SMILES string of the molecule is CCCCCCOCC(COCCCCCC)(COCCCCCC)COC(=O)CCCN1CCN(CCO)CC1. The molecule has 1 heterocycles. The standard InChI is InChI=1S/C33H66N2O6/c1-4-7-10-13-25-38-28-33(29-39-26-14-11-8-5-2,30-40-27-15-12-9-6-3)31-41-32(37)17-16-18-34-19-21-35(22-20-34)23-24-36/h36H,4-31H2,1-3H3. The van der Waals surface area contributed by atoms with Crippen molar-refractivity contribution in [1.29, 1.82) is 0 Å². The molecule has 0 aromatic carbocycles. The van der Waals surface area contributed by atoms with Crippen LogP contribution in [-0.4, -0.2) is 113 Å². The number of unbranched alkanes of at least 4 members (excludes halogenated alkanes) is 9. The molecule has 0 aromatic heterocycles. The Morgan fingerprint density at radius 1 is 0.610 bits per heavy atom. The first-order valence-corrected chi connectivity index (χ1v) is 17.0. The van der Waals surface area contributed by atoms with Gasteiger partial charge < -0.3 is 29.0 Å². The second-order valence-corrected chi connectivity index (χ2v) is 12.0. The van der Waals surface area contributed by atoms with Crippen LogP contribution in [0, 0.1) is 5.41 Å². The Morgan fingerprint density at radius 2 is 1.05 bits per heavy atom. The van der Waals surface area contributed by atoms with Gasteiger partial charge in [0.05, 0.1) is 31.8 Å². The Hall–Kier alpha value is -0.770. The third kappa shape index (κ3) is 20.7. The molecule has 0 aromatic rings. The number of aliphatic hydroxyl groups excluding tert-OH is 1. The molecule has 0 spiro atoms. The molecule has 1 N–H and O–H groups in total. The van der Waals surface area contributed by atoms with Gasteiger partial charge in [-0.05, 0) is 32.2 Å². The summed E-state index contributed by atoms with van der Waals surface area (Å²) in [6.07, 6.45) is 15.2. The van der Waals surface area contributed by atoms with Gasteiger partial charge in [0.15, 0.2) is 0 Å². The summed E-state index contributed by atoms with van der Waals surface area (Å²) in [6, 6.07) is 0. The van der Waals surface area contributed by atoms with E-state index in [1.54, 1.807) is 0 Å². The Bertz CT molecular complexity index is 545. The molecule has 8 nitrogen and oxygen atoms in total. The predicted octanol–water partition coefficient (Wildman–Crippen LogP) is 5.70. The molecule has 1 aliphatic heterocycles. The maximum Gasteiger partial charge on any atom is 0.305 e. The molecular weight excluding hydrogens is 520 g/mol. The van der Waals surface area contributed by atoms with Gasteiger partial charge in [0.1, 0.15) is 6.61 Å². The van der Waals surface area contributed by atoms with Gasteiger partial charge in [-0.3, -0.25) is 9.69 Å². The molecule has 1 saturated heterocycles. The fourth-order valence-corrected chi connectivity index (χ4v) is 5.14. The number of hydrogen-bond acceptors (Lipinski definition) is 8. The van der Waals surface area contributed by atoms with E-state index in [1.807, 2.05) is 0 Å². The van der Waals surface area contributed by atoms with Crippen molar-refractivity contribution in [2.45, 2.75) is 111 Å². The van der Waals surface area contributed by atoms with Crippen LogP contribution < -0.4 is 0 Å². The van der Waals surface area contributed by atoms with Crippen molar-refractivity contribution >= 4 is 5.97 Å². The molecule has 0 unspecified atom stereocenters. The van der Waals surface area contributed by atoms with Gasteiger partial charge in [0.2, 0.25) is 0 Å². The highest BCUT2D eigenvalue weighted by Crippen LogP contribution is 2.22. The van der Waals surface area contributed by atoms with Crippen LogP contribution in [0.25, 0.3) is 0 Å². The molecule has 0 atom stereocenters. The number of piperazine rings is 1. The van der Waals surface area contributed by atoms with Crippen molar-refractivity contribution < 1.29 is 28.8 Å². The zero-order valence-electron chi connectivity index (χ0n) is 27.2. The molecule has 0 bridgehead atoms. The molecule has 41 heavy (non-hydrogen) atoms. The number of carbonyl (C=O) groups excluding carboxylic acids is 1. The van der Waals surface area contributed by atoms with Crippen molar-refractivity contribution in [1.82, 2.24) is 9.80 Å². The summed E-state index contributed by atoms with van der Waals surface area (Å²) < 4.78 is 24.4. The molecule has 244 valence electrons. The van der Waals surface area contributed by atoms with E-state index in [4.69, 9.17) is 24.1 Å². The van der Waals surface area contributed by atoms with Crippen LogP contribution in [0.1, 0.15) is 111 Å². The second kappa shape index (κ2) is 26.8. The summed E-state index contributed by atoms with van der Waals surface area (Å²) in [5, 5.41) is 9.14. The summed E-state index contributed by atoms with van der Waals surface area (Å²) in [4.78, 5) is 17.5. The Balaban J connectivity index is 2.62. The van der Waals surface area contributed by atoms with E-state index in [9.17, 15) is 4.79 Å². The van der Waals surface area contributed by atoms with E-state index in [2.05, 4.69) is 30.6 Å². The number of hydrogen-bond donors (Lipinski definition) is 1. The summed E-state index contributed by atoms with van der Waals surface area (Å²) in [5.74, 6) is -0.151. The van der Waals surface area contributed by atoms with Crippen LogP contribution in [0.2, 0.25) is 0 Å². The molecule has 8 heteroatoms. The molecule has 0 amide bonds. The minimum Gasteiger partial charge on any atom is -0.465 e. The van der Waals surface area contributed by atoms with Crippen LogP contribution in [0.5, 0.6) is 0 Å². The smallest absolute Gasteiger partial charge is 0.305 e. The maximum atomic E-state index is 12.8. The number of β-amino-alcohol motifs (C(OH)–C–C–N with tert-alkyl or cyclic N) is 1. The van der Waals surface area contributed by atoms with Crippen LogP contribution >= 0.6 is 0 Å². The number of carbonyl (C=O) groups is 1. The second-order valence-electron chi connectivity index (χ2n) is 12.0. The molecule has 1 fully saturated rings. The summed E-state index contributed by atoms with van der Waals surface area (Å²) in [6.45, 7) is 16.3. The summed E-state index contributed by atoms with van der Waals surface area (Å²) in [7, 11) is 0. The highest BCUT2D eigenvalue weighted by molar-refractivity contribution is 5.69. The lowest BCUT2D eigenvalue weighted by Gasteiger charge is -2.34. The van der Waals surface area contributed by atoms with E-state index >= 15 is 0 Å². The molecule has 0 saturated carbocycles. The van der Waals surface area contributed by atoms with Crippen molar-refractivity contribution in [3.63, 3.8) is 0 Å². The Morgan fingerprint density at radius 3 is 1.46 bits per heavy atom. The minimum absolute atomic E-state index is 0.151. The third-order valence-electron chi connectivity index (χ3n) is 7.93. The Kier molecular flexibility index (Phi) is 25.0. The number of aliphatic hydroxyl groups is 1. The first kappa shape index (κ1) is 38.3. The van der Waals surface area contributed by atoms with Crippen LogP contribution in [0.15, 0.2) is 0 Å². The first-order valence-electron chi connectivity index (χ1n) is 17.0. The number of ether oxygens (including phenoxy) is 4. The van der Waals surface area contributed by atoms with Crippen LogP contribution in [-0.2, 0) is 23.7 Å². The van der Waals surface area contributed by atoms with E-state index in [0.717, 1.165) is 65.0 Å². The fraction of sp³-hybridized carbons (Fsp3) is 0.970. The topological polar surface area (TPSA) is 80.7 Å². The van der Waals surface area contributed by atoms with Crippen LogP contribution in [0.4, 0.5) is 0 Å². The average molecular weight is 587 g/mol. The normalized spacial score (nSPS) is 15.0. The lowest BCUT2D eigenvalue weighted by Crippen LogP contribution is -2.47. The molecule has 0 radical (unpaired) electrons. The lowest BCUT2D eigenvalue weighted by molar-refractivity contribution is -0.156. The molecule has 1 rings (SSSR count). The minimum atomic E-state index is -0.487.